The summed E-state index contributed by atoms with van der Waals surface area (Å²) in [5.74, 6) is -0.850. The summed E-state index contributed by atoms with van der Waals surface area (Å²) in [5.41, 5.74) is 1.85. The van der Waals surface area contributed by atoms with E-state index in [1.165, 1.54) is 24.3 Å². The van der Waals surface area contributed by atoms with Gasteiger partial charge in [-0.05, 0) is 35.4 Å². The number of sulfonamides is 1. The van der Waals surface area contributed by atoms with Crippen molar-refractivity contribution in [2.45, 2.75) is 18.9 Å². The van der Waals surface area contributed by atoms with Gasteiger partial charge in [0.15, 0.2) is 0 Å². The normalized spacial score (nSPS) is 12.2. The lowest BCUT2D eigenvalue weighted by Crippen LogP contribution is -2.30. The van der Waals surface area contributed by atoms with Gasteiger partial charge in [-0.3, -0.25) is 4.79 Å². The quantitative estimate of drug-likeness (QED) is 0.777. The van der Waals surface area contributed by atoms with E-state index in [1.807, 2.05) is 6.07 Å². The SMILES string of the molecule is CS(=O)(=O)N[C@H](CC(=O)Nc1ccc(CC#N)cc1)c1ccc(F)cc1. The highest BCUT2D eigenvalue weighted by Gasteiger charge is 2.20. The van der Waals surface area contributed by atoms with Gasteiger partial charge in [0, 0.05) is 12.1 Å². The van der Waals surface area contributed by atoms with Crippen LogP contribution in [0.1, 0.15) is 23.6 Å². The molecule has 1 amide bonds. The Morgan fingerprint density at radius 3 is 2.31 bits per heavy atom. The minimum atomic E-state index is -3.57. The van der Waals surface area contributed by atoms with E-state index in [1.54, 1.807) is 24.3 Å². The molecule has 0 aliphatic heterocycles. The van der Waals surface area contributed by atoms with Crippen LogP contribution in [0.5, 0.6) is 0 Å². The van der Waals surface area contributed by atoms with Crippen LogP contribution in [0.15, 0.2) is 48.5 Å². The van der Waals surface area contributed by atoms with Crippen molar-refractivity contribution in [2.75, 3.05) is 11.6 Å². The first kappa shape index (κ1) is 19.6. The fourth-order valence-corrected chi connectivity index (χ4v) is 3.11. The Bertz CT molecular complexity index is 904. The molecule has 0 aromatic heterocycles. The number of anilines is 1. The highest BCUT2D eigenvalue weighted by molar-refractivity contribution is 7.88. The monoisotopic (exact) mass is 375 g/mol. The third kappa shape index (κ3) is 6.27. The van der Waals surface area contributed by atoms with Crippen LogP contribution in [0, 0.1) is 17.1 Å². The van der Waals surface area contributed by atoms with Crippen molar-refractivity contribution in [3.63, 3.8) is 0 Å². The van der Waals surface area contributed by atoms with Crippen LogP contribution in [-0.4, -0.2) is 20.6 Å². The minimum Gasteiger partial charge on any atom is -0.326 e. The van der Waals surface area contributed by atoms with E-state index < -0.39 is 27.8 Å². The summed E-state index contributed by atoms with van der Waals surface area (Å²) in [6, 6.07) is 13.3. The van der Waals surface area contributed by atoms with E-state index in [4.69, 9.17) is 5.26 Å². The summed E-state index contributed by atoms with van der Waals surface area (Å²) < 4.78 is 38.6. The van der Waals surface area contributed by atoms with Gasteiger partial charge in [0.05, 0.1) is 24.8 Å². The minimum absolute atomic E-state index is 0.154. The van der Waals surface area contributed by atoms with Gasteiger partial charge < -0.3 is 5.32 Å². The molecule has 0 spiro atoms. The number of hydrogen-bond acceptors (Lipinski definition) is 4. The number of benzene rings is 2. The lowest BCUT2D eigenvalue weighted by Gasteiger charge is -2.18. The number of nitriles is 1. The maximum absolute atomic E-state index is 13.1. The number of rotatable bonds is 7. The van der Waals surface area contributed by atoms with Crippen molar-refractivity contribution in [2.24, 2.45) is 0 Å². The molecule has 1 atom stereocenters. The predicted octanol–water partition coefficient (Wildman–Crippen LogP) is 2.51. The standard InChI is InChI=1S/C18H18FN3O3S/c1-26(24,25)22-17(14-4-6-15(19)7-5-14)12-18(23)21-16-8-2-13(3-9-16)10-11-20/h2-9,17,22H,10,12H2,1H3,(H,21,23)/t17-/m1/s1. The number of carbonyl (C=O) groups excluding carboxylic acids is 1. The second-order valence-corrected chi connectivity index (χ2v) is 7.56. The van der Waals surface area contributed by atoms with E-state index in [0.29, 0.717) is 11.3 Å². The van der Waals surface area contributed by atoms with Gasteiger partial charge in [-0.2, -0.15) is 5.26 Å². The number of hydrogen-bond donors (Lipinski definition) is 2. The van der Waals surface area contributed by atoms with E-state index in [9.17, 15) is 17.6 Å². The van der Waals surface area contributed by atoms with Crippen LogP contribution in [0.2, 0.25) is 0 Å². The smallest absolute Gasteiger partial charge is 0.226 e. The molecule has 136 valence electrons. The van der Waals surface area contributed by atoms with Crippen LogP contribution in [0.25, 0.3) is 0 Å². The molecule has 0 radical (unpaired) electrons. The second-order valence-electron chi connectivity index (χ2n) is 5.78. The second kappa shape index (κ2) is 8.56. The van der Waals surface area contributed by atoms with E-state index in [0.717, 1.165) is 11.8 Å². The van der Waals surface area contributed by atoms with Crippen LogP contribution < -0.4 is 10.0 Å². The zero-order valence-corrected chi connectivity index (χ0v) is 14.9. The molecule has 0 fully saturated rings. The van der Waals surface area contributed by atoms with Gasteiger partial charge in [0.1, 0.15) is 5.82 Å². The summed E-state index contributed by atoms with van der Waals surface area (Å²) in [7, 11) is -3.57. The van der Waals surface area contributed by atoms with Crippen LogP contribution >= 0.6 is 0 Å². The molecule has 0 unspecified atom stereocenters. The molecule has 0 heterocycles. The first-order valence-electron chi connectivity index (χ1n) is 7.75. The first-order valence-corrected chi connectivity index (χ1v) is 9.64. The van der Waals surface area contributed by atoms with E-state index in [-0.39, 0.29) is 12.8 Å². The van der Waals surface area contributed by atoms with Crippen LogP contribution in [-0.2, 0) is 21.2 Å². The Morgan fingerprint density at radius 2 is 1.77 bits per heavy atom. The third-order valence-corrected chi connectivity index (χ3v) is 4.25. The summed E-state index contributed by atoms with van der Waals surface area (Å²) in [6.07, 6.45) is 1.12. The summed E-state index contributed by atoms with van der Waals surface area (Å²) in [5, 5.41) is 11.3. The molecule has 0 saturated carbocycles. The van der Waals surface area contributed by atoms with Gasteiger partial charge in [0.2, 0.25) is 15.9 Å². The molecule has 2 N–H and O–H groups in total. The summed E-state index contributed by atoms with van der Waals surface area (Å²) in [6.45, 7) is 0. The topological polar surface area (TPSA) is 99.1 Å². The molecule has 0 bridgehead atoms. The van der Waals surface area contributed by atoms with Crippen molar-refractivity contribution in [1.29, 1.82) is 5.26 Å². The zero-order valence-electron chi connectivity index (χ0n) is 14.1. The Hall–Kier alpha value is -2.76. The number of nitrogens with one attached hydrogen (secondary N) is 2. The molecule has 0 saturated heterocycles. The van der Waals surface area contributed by atoms with Crippen molar-refractivity contribution in [3.05, 3.63) is 65.5 Å². The van der Waals surface area contributed by atoms with Crippen molar-refractivity contribution < 1.29 is 17.6 Å². The molecule has 26 heavy (non-hydrogen) atoms. The Morgan fingerprint density at radius 1 is 1.15 bits per heavy atom. The average Bonchev–Trinajstić information content (AvgIpc) is 2.56. The molecule has 0 aliphatic carbocycles. The van der Waals surface area contributed by atoms with Crippen molar-refractivity contribution >= 4 is 21.6 Å². The predicted molar refractivity (Wildman–Crippen MR) is 96.1 cm³/mol. The molecule has 0 aliphatic rings. The first-order chi connectivity index (χ1) is 12.3. The maximum atomic E-state index is 13.1. The molecule has 2 rings (SSSR count). The summed E-state index contributed by atoms with van der Waals surface area (Å²) >= 11 is 0. The zero-order chi connectivity index (χ0) is 19.2. The molecule has 2 aromatic rings. The lowest BCUT2D eigenvalue weighted by molar-refractivity contribution is -0.116. The number of nitrogens with zero attached hydrogens (tertiary/aromatic N) is 1. The van der Waals surface area contributed by atoms with Crippen molar-refractivity contribution in [1.82, 2.24) is 4.72 Å². The van der Waals surface area contributed by atoms with Gasteiger partial charge in [-0.15, -0.1) is 0 Å². The lowest BCUT2D eigenvalue weighted by atomic mass is 10.0. The van der Waals surface area contributed by atoms with Gasteiger partial charge in [-0.25, -0.2) is 17.5 Å². The van der Waals surface area contributed by atoms with Crippen LogP contribution in [0.4, 0.5) is 10.1 Å². The molecule has 2 aromatic carbocycles. The van der Waals surface area contributed by atoms with Crippen LogP contribution in [0.3, 0.4) is 0 Å². The number of halogens is 1. The molecule has 8 heteroatoms. The highest BCUT2D eigenvalue weighted by atomic mass is 32.2. The maximum Gasteiger partial charge on any atom is 0.226 e. The summed E-state index contributed by atoms with van der Waals surface area (Å²) in [4.78, 5) is 12.3. The molecular formula is C18H18FN3O3S. The third-order valence-electron chi connectivity index (χ3n) is 3.54. The largest absolute Gasteiger partial charge is 0.326 e. The van der Waals surface area contributed by atoms with Gasteiger partial charge in [-0.1, -0.05) is 24.3 Å². The Labute approximate surface area is 151 Å². The Balaban J connectivity index is 2.10. The van der Waals surface area contributed by atoms with Crippen molar-refractivity contribution in [3.8, 4) is 6.07 Å². The highest BCUT2D eigenvalue weighted by Crippen LogP contribution is 2.20. The fraction of sp³-hybridized carbons (Fsp3) is 0.222. The molecular weight excluding hydrogens is 357 g/mol. The van der Waals surface area contributed by atoms with E-state index >= 15 is 0 Å². The number of amides is 1. The Kier molecular flexibility index (Phi) is 6.44. The fourth-order valence-electron chi connectivity index (χ4n) is 2.38. The van der Waals surface area contributed by atoms with Gasteiger partial charge in [0.25, 0.3) is 0 Å². The van der Waals surface area contributed by atoms with E-state index in [2.05, 4.69) is 10.0 Å². The van der Waals surface area contributed by atoms with Gasteiger partial charge >= 0.3 is 0 Å². The number of carbonyl (C=O) groups is 1. The molecule has 6 nitrogen and oxygen atoms in total. The average molecular weight is 375 g/mol.